The molecule has 2 rings (SSSR count). The molecule has 0 saturated heterocycles. The van der Waals surface area contributed by atoms with E-state index in [0.717, 1.165) is 0 Å². The number of amides is 2. The van der Waals surface area contributed by atoms with Crippen molar-refractivity contribution in [3.8, 4) is 28.7 Å². The van der Waals surface area contributed by atoms with Gasteiger partial charge in [0.25, 0.3) is 5.91 Å². The molecule has 0 bridgehead atoms. The normalized spacial score (nSPS) is 9.93. The van der Waals surface area contributed by atoms with Crippen LogP contribution in [0, 0.1) is 0 Å². The van der Waals surface area contributed by atoms with Gasteiger partial charge in [-0.3, -0.25) is 9.59 Å². The minimum absolute atomic E-state index is 0.218. The summed E-state index contributed by atoms with van der Waals surface area (Å²) in [6, 6.07) is 9.99. The van der Waals surface area contributed by atoms with Gasteiger partial charge in [0.05, 0.1) is 35.0 Å². The molecule has 9 heteroatoms. The first-order valence-corrected chi connectivity index (χ1v) is 8.64. The van der Waals surface area contributed by atoms with E-state index in [1.165, 1.54) is 21.3 Å². The lowest BCUT2D eigenvalue weighted by Gasteiger charge is -2.14. The first kappa shape index (κ1) is 21.7. The Morgan fingerprint density at radius 3 is 1.90 bits per heavy atom. The summed E-state index contributed by atoms with van der Waals surface area (Å²) in [6.45, 7) is -0.439. The fourth-order valence-corrected chi connectivity index (χ4v) is 2.41. The maximum absolute atomic E-state index is 12.1. The summed E-state index contributed by atoms with van der Waals surface area (Å²) in [7, 11) is 6.01. The van der Waals surface area contributed by atoms with E-state index in [-0.39, 0.29) is 13.2 Å². The van der Waals surface area contributed by atoms with Crippen LogP contribution in [-0.2, 0) is 9.59 Å². The van der Waals surface area contributed by atoms with E-state index in [0.29, 0.717) is 34.4 Å². The van der Waals surface area contributed by atoms with Crippen LogP contribution in [0.15, 0.2) is 36.4 Å². The Hall–Kier alpha value is -3.62. The lowest BCUT2D eigenvalue weighted by atomic mass is 10.2. The molecule has 2 aromatic carbocycles. The second-order valence-corrected chi connectivity index (χ2v) is 5.70. The summed E-state index contributed by atoms with van der Waals surface area (Å²) in [5.41, 5.74) is 0.438. The predicted molar refractivity (Wildman–Crippen MR) is 106 cm³/mol. The number of rotatable bonds is 10. The third kappa shape index (κ3) is 6.20. The minimum Gasteiger partial charge on any atom is -0.497 e. The van der Waals surface area contributed by atoms with E-state index < -0.39 is 11.8 Å². The highest BCUT2D eigenvalue weighted by Crippen LogP contribution is 2.39. The van der Waals surface area contributed by atoms with E-state index in [4.69, 9.17) is 23.7 Å². The second-order valence-electron chi connectivity index (χ2n) is 5.70. The fraction of sp³-hybridized carbons (Fsp3) is 0.300. The van der Waals surface area contributed by atoms with Crippen LogP contribution >= 0.6 is 0 Å². The van der Waals surface area contributed by atoms with Crippen molar-refractivity contribution in [2.45, 2.75) is 0 Å². The quantitative estimate of drug-likeness (QED) is 0.623. The molecule has 2 N–H and O–H groups in total. The Balaban J connectivity index is 1.85. The summed E-state index contributed by atoms with van der Waals surface area (Å²) in [6.07, 6.45) is 0. The van der Waals surface area contributed by atoms with E-state index in [1.807, 2.05) is 0 Å². The van der Waals surface area contributed by atoms with E-state index in [9.17, 15) is 9.59 Å². The molecule has 0 aliphatic rings. The molecule has 9 nitrogen and oxygen atoms in total. The van der Waals surface area contributed by atoms with Crippen LogP contribution in [0.4, 0.5) is 5.69 Å². The molecule has 2 amide bonds. The van der Waals surface area contributed by atoms with Gasteiger partial charge >= 0.3 is 0 Å². The number of methoxy groups -OCH3 is 4. The number of carbonyl (C=O) groups is 2. The number of ether oxygens (including phenoxy) is 5. The molecular weight excluding hydrogens is 380 g/mol. The van der Waals surface area contributed by atoms with Crippen molar-refractivity contribution in [1.29, 1.82) is 0 Å². The average molecular weight is 404 g/mol. The van der Waals surface area contributed by atoms with Crippen molar-refractivity contribution in [2.75, 3.05) is 46.9 Å². The van der Waals surface area contributed by atoms with Gasteiger partial charge in [0.15, 0.2) is 18.1 Å². The first-order chi connectivity index (χ1) is 14.0. The van der Waals surface area contributed by atoms with E-state index >= 15 is 0 Å². The zero-order valence-corrected chi connectivity index (χ0v) is 16.7. The molecule has 0 fully saturated rings. The number of benzene rings is 2. The van der Waals surface area contributed by atoms with Gasteiger partial charge in [0, 0.05) is 17.8 Å². The summed E-state index contributed by atoms with van der Waals surface area (Å²) in [5.74, 6) is 1.57. The minimum atomic E-state index is -0.430. The molecule has 0 spiro atoms. The van der Waals surface area contributed by atoms with Crippen LogP contribution in [-0.4, -0.2) is 53.4 Å². The molecular formula is C20H24N2O7. The Morgan fingerprint density at radius 1 is 0.793 bits per heavy atom. The molecule has 0 aliphatic carbocycles. The summed E-state index contributed by atoms with van der Waals surface area (Å²) < 4.78 is 26.1. The van der Waals surface area contributed by atoms with Gasteiger partial charge < -0.3 is 34.3 Å². The molecule has 0 atom stereocenters. The number of hydrogen-bond acceptors (Lipinski definition) is 7. The van der Waals surface area contributed by atoms with Gasteiger partial charge in [0.1, 0.15) is 11.5 Å². The number of hydrogen-bond donors (Lipinski definition) is 2. The lowest BCUT2D eigenvalue weighted by Crippen LogP contribution is -2.35. The Morgan fingerprint density at radius 2 is 1.38 bits per heavy atom. The smallest absolute Gasteiger partial charge is 0.258 e. The zero-order valence-electron chi connectivity index (χ0n) is 16.7. The molecule has 0 radical (unpaired) electrons. The topological polar surface area (TPSA) is 104 Å². The van der Waals surface area contributed by atoms with Gasteiger partial charge in [-0.15, -0.1) is 0 Å². The summed E-state index contributed by atoms with van der Waals surface area (Å²) in [5, 5.41) is 5.15. The molecule has 0 aliphatic heterocycles. The van der Waals surface area contributed by atoms with Crippen LogP contribution in [0.3, 0.4) is 0 Å². The average Bonchev–Trinajstić information content (AvgIpc) is 2.75. The Kier molecular flexibility index (Phi) is 7.96. The van der Waals surface area contributed by atoms with Crippen LogP contribution in [0.1, 0.15) is 0 Å². The van der Waals surface area contributed by atoms with Crippen LogP contribution < -0.4 is 34.3 Å². The second kappa shape index (κ2) is 10.6. The van der Waals surface area contributed by atoms with Crippen molar-refractivity contribution in [2.24, 2.45) is 0 Å². The first-order valence-electron chi connectivity index (χ1n) is 8.64. The maximum atomic E-state index is 12.1. The van der Waals surface area contributed by atoms with Gasteiger partial charge in [-0.1, -0.05) is 0 Å². The molecule has 0 aromatic heterocycles. The van der Waals surface area contributed by atoms with Crippen molar-refractivity contribution >= 4 is 17.5 Å². The van der Waals surface area contributed by atoms with Gasteiger partial charge in [-0.25, -0.2) is 0 Å². The highest BCUT2D eigenvalue weighted by Gasteiger charge is 2.15. The monoisotopic (exact) mass is 404 g/mol. The fourth-order valence-electron chi connectivity index (χ4n) is 2.41. The lowest BCUT2D eigenvalue weighted by molar-refractivity contribution is -0.125. The molecule has 0 heterocycles. The number of carbonyl (C=O) groups excluding carboxylic acids is 2. The number of anilines is 1. The molecule has 2 aromatic rings. The summed E-state index contributed by atoms with van der Waals surface area (Å²) >= 11 is 0. The zero-order chi connectivity index (χ0) is 21.2. The third-order valence-corrected chi connectivity index (χ3v) is 3.82. The Bertz CT molecular complexity index is 812. The van der Waals surface area contributed by atoms with Gasteiger partial charge in [-0.05, 0) is 24.3 Å². The summed E-state index contributed by atoms with van der Waals surface area (Å²) in [4.78, 5) is 24.0. The third-order valence-electron chi connectivity index (χ3n) is 3.82. The van der Waals surface area contributed by atoms with Crippen molar-refractivity contribution in [3.63, 3.8) is 0 Å². The van der Waals surface area contributed by atoms with Crippen LogP contribution in [0.5, 0.6) is 28.7 Å². The van der Waals surface area contributed by atoms with Crippen molar-refractivity contribution in [3.05, 3.63) is 36.4 Å². The molecule has 0 saturated carbocycles. The van der Waals surface area contributed by atoms with Crippen LogP contribution in [0.2, 0.25) is 0 Å². The highest BCUT2D eigenvalue weighted by molar-refractivity contribution is 5.95. The van der Waals surface area contributed by atoms with Crippen LogP contribution in [0.25, 0.3) is 0 Å². The SMILES string of the molecule is COc1ccc(OCC(=O)NCC(=O)Nc2cc(OC)c(OC)c(OC)c2)cc1. The van der Waals surface area contributed by atoms with E-state index in [1.54, 1.807) is 43.5 Å². The van der Waals surface area contributed by atoms with Gasteiger partial charge in [0.2, 0.25) is 11.7 Å². The molecule has 29 heavy (non-hydrogen) atoms. The van der Waals surface area contributed by atoms with Gasteiger partial charge in [-0.2, -0.15) is 0 Å². The van der Waals surface area contributed by atoms with E-state index in [2.05, 4.69) is 10.6 Å². The standard InChI is InChI=1S/C20H24N2O7/c1-25-14-5-7-15(8-6-14)29-12-19(24)21-11-18(23)22-13-9-16(26-2)20(28-4)17(10-13)27-3/h5-10H,11-12H2,1-4H3,(H,21,24)(H,22,23). The highest BCUT2D eigenvalue weighted by atomic mass is 16.5. The van der Waals surface area contributed by atoms with Crippen molar-refractivity contribution in [1.82, 2.24) is 5.32 Å². The molecule has 156 valence electrons. The largest absolute Gasteiger partial charge is 0.497 e. The Labute approximate surface area is 168 Å². The maximum Gasteiger partial charge on any atom is 0.258 e. The number of nitrogens with one attached hydrogen (secondary N) is 2. The predicted octanol–water partition coefficient (Wildman–Crippen LogP) is 1.85. The van der Waals surface area contributed by atoms with Crippen molar-refractivity contribution < 1.29 is 33.3 Å². The molecule has 0 unspecified atom stereocenters.